The number of rotatable bonds is 10. The summed E-state index contributed by atoms with van der Waals surface area (Å²) in [6, 6.07) is 18.5. The van der Waals surface area contributed by atoms with Crippen molar-refractivity contribution in [2.75, 3.05) is 19.7 Å². The van der Waals surface area contributed by atoms with E-state index in [1.165, 1.54) is 11.1 Å². The van der Waals surface area contributed by atoms with Gasteiger partial charge in [0.1, 0.15) is 18.5 Å². The molecule has 3 N–H and O–H groups in total. The van der Waals surface area contributed by atoms with Crippen molar-refractivity contribution in [3.63, 3.8) is 0 Å². The van der Waals surface area contributed by atoms with Crippen LogP contribution in [0.2, 0.25) is 0 Å². The van der Waals surface area contributed by atoms with Crippen LogP contribution < -0.4 is 15.4 Å². The van der Waals surface area contributed by atoms with Gasteiger partial charge in [-0.15, -0.1) is 0 Å². The van der Waals surface area contributed by atoms with Crippen molar-refractivity contribution >= 4 is 0 Å². The fourth-order valence-electron chi connectivity index (χ4n) is 2.32. The van der Waals surface area contributed by atoms with Gasteiger partial charge in [-0.2, -0.15) is 0 Å². The number of aryl methyl sites for hydroxylation is 1. The second kappa shape index (κ2) is 10.1. The lowest BCUT2D eigenvalue weighted by atomic mass is 10.2. The molecule has 0 saturated carbocycles. The minimum atomic E-state index is -0.525. The number of nitrogens with one attached hydrogen (secondary N) is 2. The van der Waals surface area contributed by atoms with E-state index in [1.54, 1.807) is 0 Å². The molecule has 0 aliphatic heterocycles. The van der Waals surface area contributed by atoms with E-state index in [2.05, 4.69) is 29.7 Å². The molecule has 0 aliphatic carbocycles. The largest absolute Gasteiger partial charge is 0.491 e. The summed E-state index contributed by atoms with van der Waals surface area (Å²) >= 11 is 0. The highest BCUT2D eigenvalue weighted by atomic mass is 16.5. The van der Waals surface area contributed by atoms with Crippen LogP contribution in [0.5, 0.6) is 5.75 Å². The SMILES string of the molecule is Cc1ccc(OCC(O)CNC(C)CNCc2ccccc2)cc1. The molecule has 2 aromatic rings. The number of benzene rings is 2. The molecular weight excluding hydrogens is 300 g/mol. The lowest BCUT2D eigenvalue weighted by Crippen LogP contribution is -2.41. The van der Waals surface area contributed by atoms with Gasteiger partial charge < -0.3 is 20.5 Å². The van der Waals surface area contributed by atoms with E-state index < -0.39 is 6.10 Å². The topological polar surface area (TPSA) is 53.5 Å². The highest BCUT2D eigenvalue weighted by molar-refractivity contribution is 5.26. The van der Waals surface area contributed by atoms with E-state index in [4.69, 9.17) is 4.74 Å². The van der Waals surface area contributed by atoms with Gasteiger partial charge in [0.2, 0.25) is 0 Å². The summed E-state index contributed by atoms with van der Waals surface area (Å²) in [4.78, 5) is 0. The first-order chi connectivity index (χ1) is 11.6. The van der Waals surface area contributed by atoms with Crippen molar-refractivity contribution in [1.82, 2.24) is 10.6 Å². The molecule has 24 heavy (non-hydrogen) atoms. The van der Waals surface area contributed by atoms with Crippen molar-refractivity contribution in [1.29, 1.82) is 0 Å². The minimum absolute atomic E-state index is 0.280. The van der Waals surface area contributed by atoms with Crippen LogP contribution in [-0.2, 0) is 6.54 Å². The smallest absolute Gasteiger partial charge is 0.119 e. The molecular formula is C20H28N2O2. The summed E-state index contributed by atoms with van der Waals surface area (Å²) < 4.78 is 5.59. The fraction of sp³-hybridized carbons (Fsp3) is 0.400. The van der Waals surface area contributed by atoms with Crippen LogP contribution in [0.4, 0.5) is 0 Å². The van der Waals surface area contributed by atoms with E-state index in [0.29, 0.717) is 13.2 Å². The Balaban J connectivity index is 1.57. The summed E-state index contributed by atoms with van der Waals surface area (Å²) in [6.07, 6.45) is -0.525. The number of hydrogen-bond donors (Lipinski definition) is 3. The Labute approximate surface area is 144 Å². The number of ether oxygens (including phenoxy) is 1. The van der Waals surface area contributed by atoms with Gasteiger partial charge in [0.25, 0.3) is 0 Å². The molecule has 4 heteroatoms. The van der Waals surface area contributed by atoms with Crippen molar-refractivity contribution < 1.29 is 9.84 Å². The van der Waals surface area contributed by atoms with E-state index in [-0.39, 0.29) is 6.04 Å². The molecule has 0 aliphatic rings. The Morgan fingerprint density at radius 2 is 1.71 bits per heavy atom. The molecule has 130 valence electrons. The van der Waals surface area contributed by atoms with Gasteiger partial charge >= 0.3 is 0 Å². The van der Waals surface area contributed by atoms with E-state index in [1.807, 2.05) is 49.4 Å². The molecule has 0 heterocycles. The van der Waals surface area contributed by atoms with Crippen LogP contribution in [0.15, 0.2) is 54.6 Å². The molecule has 2 aromatic carbocycles. The fourth-order valence-corrected chi connectivity index (χ4v) is 2.32. The van der Waals surface area contributed by atoms with Gasteiger partial charge in [0, 0.05) is 25.7 Å². The number of aliphatic hydroxyl groups is 1. The highest BCUT2D eigenvalue weighted by Crippen LogP contribution is 2.11. The van der Waals surface area contributed by atoms with Crippen LogP contribution in [0, 0.1) is 6.92 Å². The third kappa shape index (κ3) is 7.13. The summed E-state index contributed by atoms with van der Waals surface area (Å²) in [5.41, 5.74) is 2.47. The first kappa shape index (κ1) is 18.5. The minimum Gasteiger partial charge on any atom is -0.491 e. The Bertz CT molecular complexity index is 572. The maximum Gasteiger partial charge on any atom is 0.119 e. The molecule has 0 aromatic heterocycles. The first-order valence-corrected chi connectivity index (χ1v) is 8.49. The number of aliphatic hydroxyl groups excluding tert-OH is 1. The molecule has 0 radical (unpaired) electrons. The molecule has 0 saturated heterocycles. The van der Waals surface area contributed by atoms with Crippen LogP contribution in [0.3, 0.4) is 0 Å². The summed E-state index contributed by atoms with van der Waals surface area (Å²) in [7, 11) is 0. The zero-order valence-electron chi connectivity index (χ0n) is 14.5. The lowest BCUT2D eigenvalue weighted by Gasteiger charge is -2.18. The average molecular weight is 328 g/mol. The van der Waals surface area contributed by atoms with Gasteiger partial charge in [-0.3, -0.25) is 0 Å². The average Bonchev–Trinajstić information content (AvgIpc) is 2.60. The van der Waals surface area contributed by atoms with Crippen molar-refractivity contribution in [3.05, 3.63) is 65.7 Å². The molecule has 0 bridgehead atoms. The van der Waals surface area contributed by atoms with Gasteiger partial charge in [0.15, 0.2) is 0 Å². The monoisotopic (exact) mass is 328 g/mol. The summed E-state index contributed by atoms with van der Waals surface area (Å²) in [5.74, 6) is 0.789. The highest BCUT2D eigenvalue weighted by Gasteiger charge is 2.08. The Kier molecular flexibility index (Phi) is 7.75. The summed E-state index contributed by atoms with van der Waals surface area (Å²) in [5, 5.41) is 16.7. The second-order valence-electron chi connectivity index (χ2n) is 6.20. The maximum absolute atomic E-state index is 10.0. The van der Waals surface area contributed by atoms with Crippen LogP contribution >= 0.6 is 0 Å². The normalized spacial score (nSPS) is 13.5. The molecule has 0 fully saturated rings. The molecule has 0 spiro atoms. The standard InChI is InChI=1S/C20H28N2O2/c1-16-8-10-20(11-9-16)24-15-19(23)14-22-17(2)12-21-13-18-6-4-3-5-7-18/h3-11,17,19,21-23H,12-15H2,1-2H3. The van der Waals surface area contributed by atoms with Crippen LogP contribution in [0.1, 0.15) is 18.1 Å². The van der Waals surface area contributed by atoms with Gasteiger partial charge in [-0.25, -0.2) is 0 Å². The molecule has 0 amide bonds. The van der Waals surface area contributed by atoms with E-state index in [9.17, 15) is 5.11 Å². The second-order valence-corrected chi connectivity index (χ2v) is 6.20. The molecule has 4 nitrogen and oxygen atoms in total. The Hall–Kier alpha value is -1.88. The Morgan fingerprint density at radius 3 is 2.42 bits per heavy atom. The molecule has 2 unspecified atom stereocenters. The predicted octanol–water partition coefficient (Wildman–Crippen LogP) is 2.50. The predicted molar refractivity (Wildman–Crippen MR) is 98.3 cm³/mol. The molecule has 2 rings (SSSR count). The van der Waals surface area contributed by atoms with E-state index in [0.717, 1.165) is 18.8 Å². The van der Waals surface area contributed by atoms with Crippen LogP contribution in [0.25, 0.3) is 0 Å². The van der Waals surface area contributed by atoms with Gasteiger partial charge in [0.05, 0.1) is 0 Å². The van der Waals surface area contributed by atoms with Crippen molar-refractivity contribution in [2.45, 2.75) is 32.5 Å². The third-order valence-electron chi connectivity index (χ3n) is 3.79. The van der Waals surface area contributed by atoms with Gasteiger partial charge in [-0.1, -0.05) is 48.0 Å². The first-order valence-electron chi connectivity index (χ1n) is 8.49. The quantitative estimate of drug-likeness (QED) is 0.627. The van der Waals surface area contributed by atoms with Gasteiger partial charge in [-0.05, 0) is 31.5 Å². The van der Waals surface area contributed by atoms with Crippen molar-refractivity contribution in [3.8, 4) is 5.75 Å². The maximum atomic E-state index is 10.0. The van der Waals surface area contributed by atoms with Crippen molar-refractivity contribution in [2.24, 2.45) is 0 Å². The molecule has 2 atom stereocenters. The third-order valence-corrected chi connectivity index (χ3v) is 3.79. The zero-order chi connectivity index (χ0) is 17.2. The summed E-state index contributed by atoms with van der Waals surface area (Å²) in [6.45, 7) is 6.65. The van der Waals surface area contributed by atoms with E-state index >= 15 is 0 Å². The zero-order valence-corrected chi connectivity index (χ0v) is 14.5. The Morgan fingerprint density at radius 1 is 1.00 bits per heavy atom. The lowest BCUT2D eigenvalue weighted by molar-refractivity contribution is 0.104. The number of hydrogen-bond acceptors (Lipinski definition) is 4. The van der Waals surface area contributed by atoms with Crippen LogP contribution in [-0.4, -0.2) is 36.9 Å².